The number of halogens is 1. The third-order valence-corrected chi connectivity index (χ3v) is 7.54. The van der Waals surface area contributed by atoms with Gasteiger partial charge in [-0.2, -0.15) is 4.31 Å². The van der Waals surface area contributed by atoms with Crippen molar-refractivity contribution in [2.45, 2.75) is 31.6 Å². The second-order valence-corrected chi connectivity index (χ2v) is 10.3. The molecule has 3 rings (SSSR count). The average Bonchev–Trinajstić information content (AvgIpc) is 2.72. The molecular formula is C21H24BrN3O4S. The highest BCUT2D eigenvalue weighted by Crippen LogP contribution is 2.25. The number of nitrogens with zero attached hydrogens (tertiary/aromatic N) is 1. The molecule has 1 fully saturated rings. The van der Waals surface area contributed by atoms with Crippen molar-refractivity contribution in [3.8, 4) is 0 Å². The summed E-state index contributed by atoms with van der Waals surface area (Å²) >= 11 is 3.29. The molecule has 30 heavy (non-hydrogen) atoms. The molecular weight excluding hydrogens is 470 g/mol. The van der Waals surface area contributed by atoms with Gasteiger partial charge in [0.25, 0.3) is 5.91 Å². The van der Waals surface area contributed by atoms with Gasteiger partial charge in [0.1, 0.15) is 0 Å². The number of rotatable bonds is 4. The predicted molar refractivity (Wildman–Crippen MR) is 117 cm³/mol. The van der Waals surface area contributed by atoms with E-state index in [9.17, 15) is 18.0 Å². The molecule has 1 unspecified atom stereocenters. The van der Waals surface area contributed by atoms with Crippen LogP contribution in [0.5, 0.6) is 0 Å². The number of hydrogen-bond donors (Lipinski definition) is 2. The molecule has 1 saturated heterocycles. The fourth-order valence-electron chi connectivity index (χ4n) is 3.49. The minimum absolute atomic E-state index is 0.0731. The molecule has 1 aliphatic rings. The number of hydrazine groups is 1. The maximum absolute atomic E-state index is 12.9. The first-order valence-corrected chi connectivity index (χ1v) is 11.8. The summed E-state index contributed by atoms with van der Waals surface area (Å²) in [5.41, 5.74) is 7.21. The maximum Gasteiger partial charge on any atom is 0.269 e. The molecule has 0 radical (unpaired) electrons. The highest BCUT2D eigenvalue weighted by atomic mass is 79.9. The van der Waals surface area contributed by atoms with E-state index in [0.29, 0.717) is 24.9 Å². The Labute approximate surface area is 185 Å². The SMILES string of the molecule is Cc1ccc(C(=O)NNC(=O)C2CCCN(S(=O)(=O)c3ccc(Br)cc3)C2)c(C)c1. The smallest absolute Gasteiger partial charge is 0.269 e. The molecule has 1 heterocycles. The van der Waals surface area contributed by atoms with Crippen molar-refractivity contribution in [1.29, 1.82) is 0 Å². The van der Waals surface area contributed by atoms with Crippen LogP contribution in [-0.4, -0.2) is 37.6 Å². The van der Waals surface area contributed by atoms with E-state index in [-0.39, 0.29) is 11.4 Å². The van der Waals surface area contributed by atoms with Crippen molar-refractivity contribution in [1.82, 2.24) is 15.2 Å². The fourth-order valence-corrected chi connectivity index (χ4v) is 5.27. The van der Waals surface area contributed by atoms with Gasteiger partial charge in [-0.25, -0.2) is 8.42 Å². The van der Waals surface area contributed by atoms with Crippen LogP contribution in [0.1, 0.15) is 34.3 Å². The van der Waals surface area contributed by atoms with Crippen molar-refractivity contribution < 1.29 is 18.0 Å². The van der Waals surface area contributed by atoms with Gasteiger partial charge >= 0.3 is 0 Å². The van der Waals surface area contributed by atoms with Gasteiger partial charge in [0.2, 0.25) is 15.9 Å². The number of aryl methyl sites for hydroxylation is 2. The Morgan fingerprint density at radius 1 is 1.07 bits per heavy atom. The first kappa shape index (κ1) is 22.5. The van der Waals surface area contributed by atoms with Gasteiger partial charge in [-0.05, 0) is 62.6 Å². The van der Waals surface area contributed by atoms with Crippen molar-refractivity contribution in [3.05, 3.63) is 63.6 Å². The van der Waals surface area contributed by atoms with Crippen molar-refractivity contribution in [2.75, 3.05) is 13.1 Å². The molecule has 2 aromatic carbocycles. The Balaban J connectivity index is 1.62. The number of amides is 2. The minimum Gasteiger partial charge on any atom is -0.273 e. The van der Waals surface area contributed by atoms with Crippen LogP contribution in [0.2, 0.25) is 0 Å². The number of carbonyl (C=O) groups is 2. The van der Waals surface area contributed by atoms with Crippen LogP contribution in [0.4, 0.5) is 0 Å². The Morgan fingerprint density at radius 2 is 1.77 bits per heavy atom. The second kappa shape index (κ2) is 9.28. The van der Waals surface area contributed by atoms with Gasteiger partial charge in [0.05, 0.1) is 10.8 Å². The summed E-state index contributed by atoms with van der Waals surface area (Å²) in [6.07, 6.45) is 1.12. The number of hydrogen-bond acceptors (Lipinski definition) is 4. The molecule has 0 saturated carbocycles. The molecule has 0 aliphatic carbocycles. The molecule has 2 amide bonds. The van der Waals surface area contributed by atoms with Gasteiger partial charge < -0.3 is 0 Å². The van der Waals surface area contributed by atoms with Gasteiger partial charge in [-0.15, -0.1) is 0 Å². The lowest BCUT2D eigenvalue weighted by atomic mass is 9.99. The molecule has 0 aromatic heterocycles. The van der Waals surface area contributed by atoms with Crippen LogP contribution in [0, 0.1) is 19.8 Å². The van der Waals surface area contributed by atoms with Crippen LogP contribution in [0.15, 0.2) is 51.8 Å². The summed E-state index contributed by atoms with van der Waals surface area (Å²) in [4.78, 5) is 25.1. The maximum atomic E-state index is 12.9. The zero-order valence-corrected chi connectivity index (χ0v) is 19.2. The zero-order valence-electron chi connectivity index (χ0n) is 16.8. The van der Waals surface area contributed by atoms with Gasteiger partial charge in [-0.1, -0.05) is 33.6 Å². The van der Waals surface area contributed by atoms with Gasteiger partial charge in [0.15, 0.2) is 0 Å². The van der Waals surface area contributed by atoms with Crippen LogP contribution in [-0.2, 0) is 14.8 Å². The van der Waals surface area contributed by atoms with Crippen LogP contribution < -0.4 is 10.9 Å². The molecule has 9 heteroatoms. The second-order valence-electron chi connectivity index (χ2n) is 7.42. The quantitative estimate of drug-likeness (QED) is 0.639. The van der Waals surface area contributed by atoms with E-state index >= 15 is 0 Å². The van der Waals surface area contributed by atoms with E-state index in [2.05, 4.69) is 26.8 Å². The van der Waals surface area contributed by atoms with E-state index in [0.717, 1.165) is 15.6 Å². The summed E-state index contributed by atoms with van der Waals surface area (Å²) in [5, 5.41) is 0. The number of carbonyl (C=O) groups excluding carboxylic acids is 2. The van der Waals surface area contributed by atoms with E-state index in [1.807, 2.05) is 26.0 Å². The molecule has 1 aliphatic heterocycles. The highest BCUT2D eigenvalue weighted by molar-refractivity contribution is 9.10. The monoisotopic (exact) mass is 493 g/mol. The predicted octanol–water partition coefficient (Wildman–Crippen LogP) is 2.93. The molecule has 0 spiro atoms. The fraction of sp³-hybridized carbons (Fsp3) is 0.333. The molecule has 1 atom stereocenters. The third-order valence-electron chi connectivity index (χ3n) is 5.13. The Kier molecular flexibility index (Phi) is 6.95. The number of piperidine rings is 1. The first-order valence-electron chi connectivity index (χ1n) is 9.61. The lowest BCUT2D eigenvalue weighted by molar-refractivity contribution is -0.126. The molecule has 7 nitrogen and oxygen atoms in total. The third kappa shape index (κ3) is 5.08. The van der Waals surface area contributed by atoms with Crippen molar-refractivity contribution >= 4 is 37.8 Å². The molecule has 160 valence electrons. The summed E-state index contributed by atoms with van der Waals surface area (Å²) in [6.45, 7) is 4.20. The number of sulfonamides is 1. The minimum atomic E-state index is -3.68. The normalized spacial score (nSPS) is 17.4. The van der Waals surface area contributed by atoms with Crippen LogP contribution in [0.3, 0.4) is 0 Å². The Bertz CT molecular complexity index is 1050. The lowest BCUT2D eigenvalue weighted by Gasteiger charge is -2.31. The lowest BCUT2D eigenvalue weighted by Crippen LogP contribution is -2.50. The summed E-state index contributed by atoms with van der Waals surface area (Å²) in [7, 11) is -3.68. The number of nitrogens with one attached hydrogen (secondary N) is 2. The van der Waals surface area contributed by atoms with E-state index in [1.54, 1.807) is 18.2 Å². The summed E-state index contributed by atoms with van der Waals surface area (Å²) in [6, 6.07) is 11.8. The highest BCUT2D eigenvalue weighted by Gasteiger charge is 2.33. The van der Waals surface area contributed by atoms with Gasteiger partial charge in [0, 0.05) is 23.1 Å². The molecule has 2 N–H and O–H groups in total. The summed E-state index contributed by atoms with van der Waals surface area (Å²) in [5.74, 6) is -1.34. The summed E-state index contributed by atoms with van der Waals surface area (Å²) < 4.78 is 27.9. The first-order chi connectivity index (χ1) is 14.2. The van der Waals surface area contributed by atoms with Crippen molar-refractivity contribution in [3.63, 3.8) is 0 Å². The van der Waals surface area contributed by atoms with E-state index in [1.165, 1.54) is 16.4 Å². The molecule has 2 aromatic rings. The number of benzene rings is 2. The largest absolute Gasteiger partial charge is 0.273 e. The van der Waals surface area contributed by atoms with E-state index in [4.69, 9.17) is 0 Å². The molecule has 0 bridgehead atoms. The van der Waals surface area contributed by atoms with Gasteiger partial charge in [-0.3, -0.25) is 20.4 Å². The van der Waals surface area contributed by atoms with E-state index < -0.39 is 27.8 Å². The Hall–Kier alpha value is -2.23. The average molecular weight is 494 g/mol. The standard InChI is InChI=1S/C21H24BrN3O4S/c1-14-5-10-19(15(2)12-14)21(27)24-23-20(26)16-4-3-11-25(13-16)30(28,29)18-8-6-17(22)7-9-18/h5-10,12,16H,3-4,11,13H2,1-2H3,(H,23,26)(H,24,27). The Morgan fingerprint density at radius 3 is 2.43 bits per heavy atom. The topological polar surface area (TPSA) is 95.6 Å². The van der Waals surface area contributed by atoms with Crippen LogP contribution >= 0.6 is 15.9 Å². The van der Waals surface area contributed by atoms with Crippen LogP contribution in [0.25, 0.3) is 0 Å². The van der Waals surface area contributed by atoms with Crippen molar-refractivity contribution in [2.24, 2.45) is 5.92 Å². The zero-order chi connectivity index (χ0) is 21.9.